The average Bonchev–Trinajstić information content (AvgIpc) is 3.77. The Balaban J connectivity index is 1.18. The van der Waals surface area contributed by atoms with Gasteiger partial charge < -0.3 is 44.4 Å². The van der Waals surface area contributed by atoms with Crippen LogP contribution in [0.25, 0.3) is 22.3 Å². The molecule has 6 heterocycles. The normalized spacial score (nSPS) is 30.1. The van der Waals surface area contributed by atoms with Gasteiger partial charge in [-0.05, 0) is 0 Å². The molecule has 0 saturated carbocycles. The molecule has 2 aliphatic rings. The van der Waals surface area contributed by atoms with Crippen molar-refractivity contribution in [3.05, 3.63) is 35.7 Å². The van der Waals surface area contributed by atoms with E-state index in [1.807, 2.05) is 0 Å². The number of aldehydes is 1. The number of rotatable bonds is 12. The van der Waals surface area contributed by atoms with E-state index in [9.17, 15) is 24.2 Å². The summed E-state index contributed by atoms with van der Waals surface area (Å²) in [5, 5.41) is 11.0. The third-order valence-corrected chi connectivity index (χ3v) is 8.69. The molecule has 0 aliphatic carbocycles. The molecular formula is C22H26FN9O11P2. The van der Waals surface area contributed by atoms with Gasteiger partial charge in [0.15, 0.2) is 44.1 Å². The van der Waals surface area contributed by atoms with Crippen molar-refractivity contribution in [1.82, 2.24) is 39.0 Å². The van der Waals surface area contributed by atoms with Gasteiger partial charge in [0.05, 0.1) is 38.3 Å². The molecule has 45 heavy (non-hydrogen) atoms. The Kier molecular flexibility index (Phi) is 8.99. The summed E-state index contributed by atoms with van der Waals surface area (Å²) in [6.45, 7) is -1.15. The summed E-state index contributed by atoms with van der Waals surface area (Å²) < 4.78 is 58.3. The lowest BCUT2D eigenvalue weighted by Gasteiger charge is -2.23. The van der Waals surface area contributed by atoms with E-state index in [2.05, 4.69) is 29.9 Å². The Bertz CT molecular complexity index is 1790. The van der Waals surface area contributed by atoms with Crippen molar-refractivity contribution >= 4 is 51.3 Å². The minimum Gasteiger partial charge on any atom is -0.390 e. The average molecular weight is 673 g/mol. The number of hydrogen-bond donors (Lipinski definition) is 5. The number of halogens is 1. The first-order valence-electron chi connectivity index (χ1n) is 13.2. The van der Waals surface area contributed by atoms with Gasteiger partial charge in [-0.3, -0.25) is 23.0 Å². The number of aliphatic hydroxyl groups is 1. The number of H-pyrrole nitrogens is 1. The highest BCUT2D eigenvalue weighted by molar-refractivity contribution is 7.47. The van der Waals surface area contributed by atoms with Crippen LogP contribution in [0, 0.1) is 5.92 Å². The van der Waals surface area contributed by atoms with E-state index in [0.29, 0.717) is 6.29 Å². The van der Waals surface area contributed by atoms with Crippen LogP contribution in [0.15, 0.2) is 30.1 Å². The number of carbonyl (C=O) groups is 1. The molecule has 6 N–H and O–H groups in total. The SMILES string of the molecule is Nc1ncnc2c1ncn2[C@@H]1O[C@H](COP(=O)(O)O[C@H]2[C@@H](F)[C@H](n3cnc4c(=O)[nH]cnc43)O[C@@H]2COPO)[C@@H](O)[C@H]1CC=O. The molecule has 0 radical (unpaired) electrons. The molecule has 2 saturated heterocycles. The maximum absolute atomic E-state index is 15.8. The number of aromatic nitrogens is 8. The van der Waals surface area contributed by atoms with Crippen molar-refractivity contribution in [3.8, 4) is 0 Å². The number of nitrogens with zero attached hydrogens (tertiary/aromatic N) is 7. The van der Waals surface area contributed by atoms with Crippen molar-refractivity contribution in [3.63, 3.8) is 0 Å². The lowest BCUT2D eigenvalue weighted by Crippen LogP contribution is -2.34. The zero-order chi connectivity index (χ0) is 31.9. The van der Waals surface area contributed by atoms with E-state index in [1.54, 1.807) is 0 Å². The second kappa shape index (κ2) is 12.8. The summed E-state index contributed by atoms with van der Waals surface area (Å²) in [7, 11) is -6.10. The van der Waals surface area contributed by atoms with E-state index in [4.69, 9.17) is 33.7 Å². The van der Waals surface area contributed by atoms with Crippen LogP contribution in [-0.2, 0) is 32.4 Å². The highest BCUT2D eigenvalue weighted by Crippen LogP contribution is 2.50. The first kappa shape index (κ1) is 31.6. The molecule has 6 rings (SSSR count). The Labute approximate surface area is 252 Å². The monoisotopic (exact) mass is 673 g/mol. The first-order chi connectivity index (χ1) is 21.6. The number of nitrogen functional groups attached to an aromatic ring is 1. The molecule has 4 aromatic rings. The van der Waals surface area contributed by atoms with Crippen molar-refractivity contribution in [2.24, 2.45) is 5.92 Å². The van der Waals surface area contributed by atoms with Gasteiger partial charge >= 0.3 is 7.82 Å². The molecule has 4 aromatic heterocycles. The van der Waals surface area contributed by atoms with E-state index >= 15 is 4.39 Å². The van der Waals surface area contributed by atoms with Crippen LogP contribution in [0.1, 0.15) is 18.9 Å². The maximum atomic E-state index is 15.8. The largest absolute Gasteiger partial charge is 0.472 e. The minimum atomic E-state index is -5.10. The zero-order valence-electron chi connectivity index (χ0n) is 22.8. The van der Waals surface area contributed by atoms with Crippen molar-refractivity contribution in [2.75, 3.05) is 18.9 Å². The number of fused-ring (bicyclic) bond motifs is 2. The predicted octanol–water partition coefficient (Wildman–Crippen LogP) is -0.740. The summed E-state index contributed by atoms with van der Waals surface area (Å²) in [4.78, 5) is 65.6. The minimum absolute atomic E-state index is 0.0224. The van der Waals surface area contributed by atoms with Crippen LogP contribution < -0.4 is 11.3 Å². The van der Waals surface area contributed by atoms with Gasteiger partial charge in [0.1, 0.15) is 42.7 Å². The molecule has 23 heteroatoms. The van der Waals surface area contributed by atoms with Gasteiger partial charge in [0.2, 0.25) is 0 Å². The Morgan fingerprint density at radius 2 is 1.80 bits per heavy atom. The van der Waals surface area contributed by atoms with Crippen LogP contribution >= 0.6 is 16.9 Å². The number of carbonyl (C=O) groups excluding carboxylic acids is 1. The fourth-order valence-corrected chi connectivity index (χ4v) is 6.53. The first-order valence-corrected chi connectivity index (χ1v) is 15.5. The highest BCUT2D eigenvalue weighted by Gasteiger charge is 2.51. The molecule has 2 unspecified atom stereocenters. The van der Waals surface area contributed by atoms with Crippen molar-refractivity contribution in [1.29, 1.82) is 0 Å². The van der Waals surface area contributed by atoms with Gasteiger partial charge in [0, 0.05) is 12.3 Å². The molecule has 0 bridgehead atoms. The number of hydrogen-bond acceptors (Lipinski definition) is 16. The number of nitrogens with two attached hydrogens (primary N) is 1. The molecular weight excluding hydrogens is 647 g/mol. The molecule has 10 atom stereocenters. The summed E-state index contributed by atoms with van der Waals surface area (Å²) in [6, 6.07) is 0. The number of imidazole rings is 2. The summed E-state index contributed by atoms with van der Waals surface area (Å²) >= 11 is 0. The van der Waals surface area contributed by atoms with E-state index in [-0.39, 0.29) is 34.6 Å². The summed E-state index contributed by atoms with van der Waals surface area (Å²) in [5.41, 5.74) is 5.67. The quantitative estimate of drug-likeness (QED) is 0.0915. The molecule has 0 spiro atoms. The summed E-state index contributed by atoms with van der Waals surface area (Å²) in [6.07, 6.45) is -5.18. The molecule has 2 fully saturated rings. The van der Waals surface area contributed by atoms with Crippen LogP contribution in [0.3, 0.4) is 0 Å². The number of phosphoric ester groups is 1. The van der Waals surface area contributed by atoms with E-state index in [1.165, 1.54) is 17.2 Å². The van der Waals surface area contributed by atoms with Gasteiger partial charge in [-0.25, -0.2) is 33.9 Å². The Hall–Kier alpha value is -3.36. The molecule has 0 amide bonds. The molecule has 0 aromatic carbocycles. The number of alkyl halides is 1. The fourth-order valence-electron chi connectivity index (χ4n) is 5.34. The van der Waals surface area contributed by atoms with Gasteiger partial charge in [-0.1, -0.05) is 0 Å². The topological polar surface area (TPSA) is 274 Å². The number of phosphoric acid groups is 1. The number of ether oxygens (including phenoxy) is 2. The molecule has 2 aliphatic heterocycles. The highest BCUT2D eigenvalue weighted by atomic mass is 31.2. The maximum Gasteiger partial charge on any atom is 0.472 e. The van der Waals surface area contributed by atoms with E-state index < -0.39 is 84.6 Å². The second-order valence-electron chi connectivity index (χ2n) is 10.0. The van der Waals surface area contributed by atoms with Crippen molar-refractivity contribution < 1.29 is 51.7 Å². The van der Waals surface area contributed by atoms with Crippen LogP contribution in [0.2, 0.25) is 0 Å². The number of anilines is 1. The number of aromatic amines is 1. The van der Waals surface area contributed by atoms with Gasteiger partial charge in [-0.15, -0.1) is 0 Å². The summed E-state index contributed by atoms with van der Waals surface area (Å²) in [5.74, 6) is -0.740. The standard InChI is InChI=1S/C22H26FN9O11P2/c23-12-16(11(3-39-44-36)42-22(12)32-8-30-14-19(32)27-6-28-20(14)35)43-45(37,38)40-4-10-15(34)9(1-2-33)21(41-10)31-7-29-13-17(24)25-5-26-18(13)31/h2,5-12,15-16,21-22,34,36,44H,1,3-4H2,(H,37,38)(H2,24,25,26)(H,27,28,35)/t9-,10-,11-,12-,15+,16-,21-,22-/m1/s1. The van der Waals surface area contributed by atoms with Gasteiger partial charge in [-0.2, -0.15) is 0 Å². The Morgan fingerprint density at radius 1 is 1.09 bits per heavy atom. The third-order valence-electron chi connectivity index (χ3n) is 7.40. The second-order valence-corrected chi connectivity index (χ2v) is 11.9. The van der Waals surface area contributed by atoms with E-state index in [0.717, 1.165) is 17.2 Å². The molecule has 242 valence electrons. The van der Waals surface area contributed by atoms with Crippen LogP contribution in [0.4, 0.5) is 10.2 Å². The number of nitrogens with one attached hydrogen (secondary N) is 1. The third kappa shape index (κ3) is 5.99. The van der Waals surface area contributed by atoms with Gasteiger partial charge in [0.25, 0.3) is 5.56 Å². The fraction of sp³-hybridized carbons (Fsp3) is 0.500. The van der Waals surface area contributed by atoms with Crippen molar-refractivity contribution in [2.45, 2.75) is 49.5 Å². The number of aliphatic hydroxyl groups excluding tert-OH is 1. The lowest BCUT2D eigenvalue weighted by molar-refractivity contribution is -0.110. The lowest BCUT2D eigenvalue weighted by atomic mass is 9.97. The van der Waals surface area contributed by atoms with Crippen LogP contribution in [0.5, 0.6) is 0 Å². The molecule has 20 nitrogen and oxygen atoms in total. The zero-order valence-corrected chi connectivity index (χ0v) is 24.7. The smallest absolute Gasteiger partial charge is 0.390 e. The Morgan fingerprint density at radius 3 is 2.56 bits per heavy atom. The van der Waals surface area contributed by atoms with Crippen LogP contribution in [-0.4, -0.2) is 104 Å². The predicted molar refractivity (Wildman–Crippen MR) is 148 cm³/mol.